The van der Waals surface area contributed by atoms with E-state index in [1.807, 2.05) is 23.5 Å². The molecule has 0 unspecified atom stereocenters. The van der Waals surface area contributed by atoms with Crippen molar-refractivity contribution in [2.24, 2.45) is 5.73 Å². The van der Waals surface area contributed by atoms with Crippen LogP contribution in [0.15, 0.2) is 54.6 Å². The Morgan fingerprint density at radius 1 is 1.00 bits per heavy atom. The van der Waals surface area contributed by atoms with Gasteiger partial charge in [0, 0.05) is 0 Å². The van der Waals surface area contributed by atoms with Crippen molar-refractivity contribution in [3.05, 3.63) is 60.2 Å². The Labute approximate surface area is 138 Å². The van der Waals surface area contributed by atoms with Crippen molar-refractivity contribution in [3.63, 3.8) is 0 Å². The summed E-state index contributed by atoms with van der Waals surface area (Å²) in [4.78, 5) is 34.2. The van der Waals surface area contributed by atoms with Gasteiger partial charge in [0.2, 0.25) is 0 Å². The van der Waals surface area contributed by atoms with Crippen LogP contribution in [-0.2, 0) is 9.53 Å². The van der Waals surface area contributed by atoms with E-state index < -0.39 is 24.0 Å². The van der Waals surface area contributed by atoms with Gasteiger partial charge in [-0.05, 0) is 37.3 Å². The van der Waals surface area contributed by atoms with Gasteiger partial charge in [-0.15, -0.1) is 0 Å². The van der Waals surface area contributed by atoms with E-state index in [2.05, 4.69) is 0 Å². The summed E-state index contributed by atoms with van der Waals surface area (Å²) in [5, 5.41) is 1.84. The maximum Gasteiger partial charge on any atom is 0.339 e. The molecule has 0 saturated carbocycles. The molecule has 1 atom stereocenters. The molecule has 3 N–H and O–H groups in total. The van der Waals surface area contributed by atoms with Gasteiger partial charge in [-0.2, -0.15) is 0 Å². The molecule has 0 aromatic heterocycles. The van der Waals surface area contributed by atoms with E-state index in [4.69, 9.17) is 15.2 Å². The van der Waals surface area contributed by atoms with Crippen molar-refractivity contribution in [3.8, 4) is 11.5 Å². The zero-order valence-electron chi connectivity index (χ0n) is 12.9. The standard InChI is InChI=1S/C17H16N2O5/c1-11(15(20)19-17(18)22)23-16(21)12-6-5-9-14(10-12)24-13-7-3-2-4-8-13/h2-11H,1H3,(H3,18,19,20,22)/t11-/m1/s1. The minimum Gasteiger partial charge on any atom is -0.457 e. The van der Waals surface area contributed by atoms with Gasteiger partial charge in [0.05, 0.1) is 5.56 Å². The number of rotatable bonds is 5. The highest BCUT2D eigenvalue weighted by atomic mass is 16.5. The minimum absolute atomic E-state index is 0.210. The quantitative estimate of drug-likeness (QED) is 0.818. The number of ether oxygens (including phenoxy) is 2. The van der Waals surface area contributed by atoms with Crippen LogP contribution in [0.5, 0.6) is 11.5 Å². The lowest BCUT2D eigenvalue weighted by Gasteiger charge is -2.12. The largest absolute Gasteiger partial charge is 0.457 e. The molecule has 0 aliphatic heterocycles. The molecule has 0 radical (unpaired) electrons. The van der Waals surface area contributed by atoms with Crippen LogP contribution >= 0.6 is 0 Å². The van der Waals surface area contributed by atoms with Crippen molar-refractivity contribution in [1.82, 2.24) is 5.32 Å². The normalized spacial score (nSPS) is 11.2. The molecule has 7 heteroatoms. The van der Waals surface area contributed by atoms with Gasteiger partial charge in [0.25, 0.3) is 5.91 Å². The molecule has 0 spiro atoms. The molecule has 24 heavy (non-hydrogen) atoms. The van der Waals surface area contributed by atoms with Gasteiger partial charge in [0.15, 0.2) is 6.10 Å². The number of carbonyl (C=O) groups excluding carboxylic acids is 3. The summed E-state index contributed by atoms with van der Waals surface area (Å²) in [7, 11) is 0. The minimum atomic E-state index is -1.16. The average Bonchev–Trinajstić information content (AvgIpc) is 2.55. The third-order valence-corrected chi connectivity index (χ3v) is 2.95. The van der Waals surface area contributed by atoms with Gasteiger partial charge < -0.3 is 15.2 Å². The topological polar surface area (TPSA) is 108 Å². The van der Waals surface area contributed by atoms with Crippen LogP contribution in [0.3, 0.4) is 0 Å². The van der Waals surface area contributed by atoms with Crippen molar-refractivity contribution >= 4 is 17.9 Å². The summed E-state index contributed by atoms with van der Waals surface area (Å²) < 4.78 is 10.6. The van der Waals surface area contributed by atoms with E-state index in [0.717, 1.165) is 0 Å². The number of hydrogen-bond donors (Lipinski definition) is 2. The molecular weight excluding hydrogens is 312 g/mol. The van der Waals surface area contributed by atoms with Crippen LogP contribution < -0.4 is 15.8 Å². The molecule has 124 valence electrons. The van der Waals surface area contributed by atoms with Crippen molar-refractivity contribution < 1.29 is 23.9 Å². The summed E-state index contributed by atoms with van der Waals surface area (Å²) in [6.07, 6.45) is -1.16. The number of nitrogens with two attached hydrogens (primary N) is 1. The van der Waals surface area contributed by atoms with Crippen LogP contribution in [0, 0.1) is 0 Å². The van der Waals surface area contributed by atoms with Gasteiger partial charge >= 0.3 is 12.0 Å². The summed E-state index contributed by atoms with van der Waals surface area (Å²) >= 11 is 0. The number of nitrogens with one attached hydrogen (secondary N) is 1. The lowest BCUT2D eigenvalue weighted by molar-refractivity contribution is -0.127. The Hall–Kier alpha value is -3.35. The summed E-state index contributed by atoms with van der Waals surface area (Å²) in [5.41, 5.74) is 5.05. The maximum atomic E-state index is 12.1. The molecule has 0 aliphatic rings. The number of esters is 1. The van der Waals surface area contributed by atoms with E-state index in [-0.39, 0.29) is 5.56 Å². The number of hydrogen-bond acceptors (Lipinski definition) is 5. The fraction of sp³-hybridized carbons (Fsp3) is 0.118. The molecule has 0 heterocycles. The number of carbonyl (C=O) groups is 3. The van der Waals surface area contributed by atoms with Crippen LogP contribution in [0.4, 0.5) is 4.79 Å². The second-order valence-electron chi connectivity index (χ2n) is 4.84. The van der Waals surface area contributed by atoms with Crippen molar-refractivity contribution in [2.75, 3.05) is 0 Å². The Morgan fingerprint density at radius 3 is 2.33 bits per heavy atom. The maximum absolute atomic E-state index is 12.1. The highest BCUT2D eigenvalue weighted by Crippen LogP contribution is 2.22. The zero-order chi connectivity index (χ0) is 17.5. The highest BCUT2D eigenvalue weighted by Gasteiger charge is 2.20. The summed E-state index contributed by atoms with van der Waals surface area (Å²) in [5.74, 6) is -0.449. The predicted molar refractivity (Wildman–Crippen MR) is 85.6 cm³/mol. The highest BCUT2D eigenvalue weighted by molar-refractivity contribution is 5.98. The number of amides is 3. The first kappa shape index (κ1) is 17.0. The number of primary amides is 1. The fourth-order valence-electron chi connectivity index (χ4n) is 1.82. The molecule has 2 aromatic rings. The number of para-hydroxylation sites is 1. The first-order valence-electron chi connectivity index (χ1n) is 7.10. The molecule has 0 bridgehead atoms. The van der Waals surface area contributed by atoms with Crippen LogP contribution in [0.25, 0.3) is 0 Å². The number of benzene rings is 2. The van der Waals surface area contributed by atoms with Crippen molar-refractivity contribution in [1.29, 1.82) is 0 Å². The van der Waals surface area contributed by atoms with Crippen LogP contribution in [0.1, 0.15) is 17.3 Å². The monoisotopic (exact) mass is 328 g/mol. The van der Waals surface area contributed by atoms with Gasteiger partial charge in [-0.25, -0.2) is 9.59 Å². The Balaban J connectivity index is 2.03. The third-order valence-electron chi connectivity index (χ3n) is 2.95. The molecule has 2 aromatic carbocycles. The lowest BCUT2D eigenvalue weighted by atomic mass is 10.2. The van der Waals surface area contributed by atoms with E-state index in [9.17, 15) is 14.4 Å². The van der Waals surface area contributed by atoms with Gasteiger partial charge in [-0.1, -0.05) is 24.3 Å². The Morgan fingerprint density at radius 2 is 1.67 bits per heavy atom. The first-order chi connectivity index (χ1) is 11.5. The zero-order valence-corrected chi connectivity index (χ0v) is 12.9. The SMILES string of the molecule is C[C@@H](OC(=O)c1cccc(Oc2ccccc2)c1)C(=O)NC(N)=O. The Kier molecular flexibility index (Phi) is 5.51. The van der Waals surface area contributed by atoms with Crippen molar-refractivity contribution in [2.45, 2.75) is 13.0 Å². The predicted octanol–water partition coefficient (Wildman–Crippen LogP) is 2.22. The second-order valence-corrected chi connectivity index (χ2v) is 4.84. The van der Waals surface area contributed by atoms with Crippen LogP contribution in [-0.4, -0.2) is 24.0 Å². The molecule has 7 nitrogen and oxygen atoms in total. The lowest BCUT2D eigenvalue weighted by Crippen LogP contribution is -2.42. The molecule has 0 fully saturated rings. The summed E-state index contributed by atoms with van der Waals surface area (Å²) in [6.45, 7) is 1.33. The number of urea groups is 1. The first-order valence-corrected chi connectivity index (χ1v) is 7.10. The average molecular weight is 328 g/mol. The molecule has 0 saturated heterocycles. The molecule has 3 amide bonds. The molecule has 2 rings (SSSR count). The smallest absolute Gasteiger partial charge is 0.339 e. The number of imide groups is 1. The molecule has 0 aliphatic carbocycles. The van der Waals surface area contributed by atoms with Gasteiger partial charge in [-0.3, -0.25) is 10.1 Å². The van der Waals surface area contributed by atoms with E-state index in [1.54, 1.807) is 24.3 Å². The molecular formula is C17H16N2O5. The van der Waals surface area contributed by atoms with E-state index >= 15 is 0 Å². The Bertz CT molecular complexity index is 746. The van der Waals surface area contributed by atoms with E-state index in [0.29, 0.717) is 11.5 Å². The fourth-order valence-corrected chi connectivity index (χ4v) is 1.82. The second kappa shape index (κ2) is 7.77. The van der Waals surface area contributed by atoms with Crippen LogP contribution in [0.2, 0.25) is 0 Å². The third kappa shape index (κ3) is 4.84. The van der Waals surface area contributed by atoms with Gasteiger partial charge in [0.1, 0.15) is 11.5 Å². The van der Waals surface area contributed by atoms with E-state index in [1.165, 1.54) is 19.1 Å². The summed E-state index contributed by atoms with van der Waals surface area (Å²) in [6, 6.07) is 14.4.